The lowest BCUT2D eigenvalue weighted by Crippen LogP contribution is -2.50. The van der Waals surface area contributed by atoms with Crippen molar-refractivity contribution in [1.82, 2.24) is 10.2 Å². The van der Waals surface area contributed by atoms with Crippen LogP contribution in [0.4, 0.5) is 0 Å². The average Bonchev–Trinajstić information content (AvgIpc) is 2.28. The maximum Gasteiger partial charge on any atom is 0.240 e. The van der Waals surface area contributed by atoms with E-state index in [1.54, 1.807) is 11.0 Å². The van der Waals surface area contributed by atoms with Crippen LogP contribution >= 0.6 is 0 Å². The molecule has 92 valence electrons. The zero-order valence-electron chi connectivity index (χ0n) is 9.98. The normalized spacial score (nSPS) is 25.1. The molecule has 0 bridgehead atoms. The number of rotatable bonds is 5. The Morgan fingerprint density at radius 3 is 3.00 bits per heavy atom. The molecule has 4 nitrogen and oxygen atoms in total. The van der Waals surface area contributed by atoms with Gasteiger partial charge in [-0.15, -0.1) is 6.58 Å². The number of nitrogens with zero attached hydrogens (tertiary/aromatic N) is 1. The molecule has 0 aromatic carbocycles. The molecule has 0 aromatic heterocycles. The highest BCUT2D eigenvalue weighted by molar-refractivity contribution is 5.82. The van der Waals surface area contributed by atoms with Gasteiger partial charge < -0.3 is 15.3 Å². The molecule has 0 aliphatic carbocycles. The van der Waals surface area contributed by atoms with E-state index in [0.717, 1.165) is 19.4 Å². The Bertz CT molecular complexity index is 243. The summed E-state index contributed by atoms with van der Waals surface area (Å²) in [4.78, 5) is 13.8. The molecule has 1 heterocycles. The molecule has 0 aromatic rings. The van der Waals surface area contributed by atoms with E-state index in [4.69, 9.17) is 5.11 Å². The highest BCUT2D eigenvalue weighted by Crippen LogP contribution is 2.16. The van der Waals surface area contributed by atoms with Crippen LogP contribution in [0.25, 0.3) is 0 Å². The summed E-state index contributed by atoms with van der Waals surface area (Å²) in [5.41, 5.74) is 0. The number of hydrogen-bond donors (Lipinski definition) is 2. The average molecular weight is 226 g/mol. The van der Waals surface area contributed by atoms with Crippen molar-refractivity contribution in [1.29, 1.82) is 0 Å². The Hall–Kier alpha value is -0.870. The molecule has 1 rings (SSSR count). The maximum absolute atomic E-state index is 12.1. The van der Waals surface area contributed by atoms with E-state index >= 15 is 0 Å². The summed E-state index contributed by atoms with van der Waals surface area (Å²) in [5, 5.41) is 12.2. The van der Waals surface area contributed by atoms with Gasteiger partial charge in [-0.1, -0.05) is 13.0 Å². The van der Waals surface area contributed by atoms with Crippen molar-refractivity contribution in [3.63, 3.8) is 0 Å². The minimum Gasteiger partial charge on any atom is -0.395 e. The van der Waals surface area contributed by atoms with Gasteiger partial charge in [0.1, 0.15) is 0 Å². The third-order valence-electron chi connectivity index (χ3n) is 3.00. The van der Waals surface area contributed by atoms with Gasteiger partial charge in [-0.05, 0) is 25.3 Å². The van der Waals surface area contributed by atoms with Gasteiger partial charge in [-0.25, -0.2) is 0 Å². The summed E-state index contributed by atoms with van der Waals surface area (Å²) in [5.74, 6) is 0.676. The fourth-order valence-electron chi connectivity index (χ4n) is 2.08. The molecular formula is C12H22N2O2. The predicted octanol–water partition coefficient (Wildman–Crippen LogP) is 0.381. The molecule has 1 amide bonds. The van der Waals surface area contributed by atoms with Crippen LogP contribution in [0.5, 0.6) is 0 Å². The molecule has 16 heavy (non-hydrogen) atoms. The summed E-state index contributed by atoms with van der Waals surface area (Å²) in [6.45, 7) is 7.60. The Morgan fingerprint density at radius 1 is 1.69 bits per heavy atom. The number of nitrogens with one attached hydrogen (secondary N) is 1. The molecule has 1 aliphatic rings. The molecule has 4 heteroatoms. The number of amides is 1. The molecule has 0 spiro atoms. The Labute approximate surface area is 97.3 Å². The van der Waals surface area contributed by atoms with Gasteiger partial charge in [0.05, 0.1) is 12.6 Å². The van der Waals surface area contributed by atoms with Gasteiger partial charge >= 0.3 is 0 Å². The van der Waals surface area contributed by atoms with Crippen LogP contribution in [0, 0.1) is 5.92 Å². The zero-order valence-corrected chi connectivity index (χ0v) is 9.98. The SMILES string of the molecule is C=CCN(CCO)C(=O)C1CC(C)CCN1. The van der Waals surface area contributed by atoms with Crippen LogP contribution in [0.2, 0.25) is 0 Å². The third-order valence-corrected chi connectivity index (χ3v) is 3.00. The van der Waals surface area contributed by atoms with Crippen molar-refractivity contribution in [2.45, 2.75) is 25.8 Å². The second-order valence-corrected chi connectivity index (χ2v) is 4.43. The molecule has 2 N–H and O–H groups in total. The number of carbonyl (C=O) groups is 1. The number of carbonyl (C=O) groups excluding carboxylic acids is 1. The Morgan fingerprint density at radius 2 is 2.44 bits per heavy atom. The highest BCUT2D eigenvalue weighted by Gasteiger charge is 2.27. The number of piperidine rings is 1. The van der Waals surface area contributed by atoms with E-state index in [-0.39, 0.29) is 18.6 Å². The minimum atomic E-state index is -0.0877. The largest absolute Gasteiger partial charge is 0.395 e. The summed E-state index contributed by atoms with van der Waals surface area (Å²) < 4.78 is 0. The van der Waals surface area contributed by atoms with Crippen molar-refractivity contribution in [2.24, 2.45) is 5.92 Å². The molecule has 0 radical (unpaired) electrons. The van der Waals surface area contributed by atoms with Crippen LogP contribution in [0.15, 0.2) is 12.7 Å². The van der Waals surface area contributed by atoms with Gasteiger partial charge in [0, 0.05) is 13.1 Å². The lowest BCUT2D eigenvalue weighted by Gasteiger charge is -2.31. The van der Waals surface area contributed by atoms with Gasteiger partial charge in [-0.3, -0.25) is 4.79 Å². The standard InChI is InChI=1S/C12H22N2O2/c1-3-6-14(7-8-15)12(16)11-9-10(2)4-5-13-11/h3,10-11,13,15H,1,4-9H2,2H3. The second kappa shape index (κ2) is 6.66. The van der Waals surface area contributed by atoms with Crippen LogP contribution < -0.4 is 5.32 Å². The number of aliphatic hydroxyl groups is 1. The van der Waals surface area contributed by atoms with Crippen molar-refractivity contribution in [3.8, 4) is 0 Å². The molecular weight excluding hydrogens is 204 g/mol. The van der Waals surface area contributed by atoms with Gasteiger partial charge in [-0.2, -0.15) is 0 Å². The van der Waals surface area contributed by atoms with Crippen molar-refractivity contribution < 1.29 is 9.90 Å². The lowest BCUT2D eigenvalue weighted by molar-refractivity contribution is -0.134. The van der Waals surface area contributed by atoms with Gasteiger partial charge in [0.15, 0.2) is 0 Å². The number of aliphatic hydroxyl groups excluding tert-OH is 1. The smallest absolute Gasteiger partial charge is 0.240 e. The first-order valence-electron chi connectivity index (χ1n) is 5.93. The molecule has 2 atom stereocenters. The first-order chi connectivity index (χ1) is 7.69. The van der Waals surface area contributed by atoms with E-state index < -0.39 is 0 Å². The van der Waals surface area contributed by atoms with Crippen LogP contribution in [-0.2, 0) is 4.79 Å². The monoisotopic (exact) mass is 226 g/mol. The van der Waals surface area contributed by atoms with Crippen molar-refractivity contribution >= 4 is 5.91 Å². The highest BCUT2D eigenvalue weighted by atomic mass is 16.3. The lowest BCUT2D eigenvalue weighted by atomic mass is 9.93. The van der Waals surface area contributed by atoms with Crippen LogP contribution in [-0.4, -0.2) is 48.2 Å². The summed E-state index contributed by atoms with van der Waals surface area (Å²) in [6, 6.07) is -0.0877. The Kier molecular flexibility index (Phi) is 5.49. The zero-order chi connectivity index (χ0) is 12.0. The minimum absolute atomic E-state index is 0.00184. The van der Waals surface area contributed by atoms with Crippen LogP contribution in [0.1, 0.15) is 19.8 Å². The second-order valence-electron chi connectivity index (χ2n) is 4.43. The molecule has 1 saturated heterocycles. The van der Waals surface area contributed by atoms with E-state index in [1.807, 2.05) is 0 Å². The fraction of sp³-hybridized carbons (Fsp3) is 0.750. The van der Waals surface area contributed by atoms with E-state index in [1.165, 1.54) is 0 Å². The molecule has 1 fully saturated rings. The predicted molar refractivity (Wildman–Crippen MR) is 64.1 cm³/mol. The van der Waals surface area contributed by atoms with Gasteiger partial charge in [0.25, 0.3) is 0 Å². The molecule has 2 unspecified atom stereocenters. The summed E-state index contributed by atoms with van der Waals surface area (Å²) >= 11 is 0. The summed E-state index contributed by atoms with van der Waals surface area (Å²) in [6.07, 6.45) is 3.71. The fourth-order valence-corrected chi connectivity index (χ4v) is 2.08. The van der Waals surface area contributed by atoms with Crippen molar-refractivity contribution in [3.05, 3.63) is 12.7 Å². The van der Waals surface area contributed by atoms with E-state index in [2.05, 4.69) is 18.8 Å². The van der Waals surface area contributed by atoms with Gasteiger partial charge in [0.2, 0.25) is 5.91 Å². The quantitative estimate of drug-likeness (QED) is 0.666. The number of hydrogen-bond acceptors (Lipinski definition) is 3. The first-order valence-corrected chi connectivity index (χ1v) is 5.93. The summed E-state index contributed by atoms with van der Waals surface area (Å²) in [7, 11) is 0. The first kappa shape index (κ1) is 13.2. The van der Waals surface area contributed by atoms with E-state index in [0.29, 0.717) is 19.0 Å². The Balaban J connectivity index is 2.54. The molecule has 0 saturated carbocycles. The van der Waals surface area contributed by atoms with Crippen LogP contribution in [0.3, 0.4) is 0 Å². The van der Waals surface area contributed by atoms with E-state index in [9.17, 15) is 4.79 Å². The third kappa shape index (κ3) is 3.61. The topological polar surface area (TPSA) is 52.6 Å². The van der Waals surface area contributed by atoms with Crippen molar-refractivity contribution in [2.75, 3.05) is 26.2 Å². The maximum atomic E-state index is 12.1. The molecule has 1 aliphatic heterocycles.